The molecule has 0 radical (unpaired) electrons. The van der Waals surface area contributed by atoms with Crippen molar-refractivity contribution in [3.63, 3.8) is 0 Å². The second-order valence-corrected chi connectivity index (χ2v) is 10.8. The van der Waals surface area contributed by atoms with Crippen molar-refractivity contribution in [1.29, 1.82) is 5.26 Å². The molecule has 4 aromatic rings. The highest BCUT2D eigenvalue weighted by atomic mass is 16.7. The van der Waals surface area contributed by atoms with Crippen molar-refractivity contribution in [3.8, 4) is 17.2 Å². The molecule has 2 aromatic heterocycles. The fraction of sp³-hybridized carbons (Fsp3) is 0.419. The number of aliphatic hydroxyl groups is 1. The molecule has 0 bridgehead atoms. The zero-order valence-corrected chi connectivity index (χ0v) is 22.6. The van der Waals surface area contributed by atoms with Gasteiger partial charge in [0.25, 0.3) is 5.56 Å². The van der Waals surface area contributed by atoms with E-state index in [9.17, 15) is 15.2 Å². The molecule has 0 amide bonds. The summed E-state index contributed by atoms with van der Waals surface area (Å²) in [6.07, 6.45) is 5.71. The first-order chi connectivity index (χ1) is 19.5. The van der Waals surface area contributed by atoms with E-state index in [-0.39, 0.29) is 24.8 Å². The van der Waals surface area contributed by atoms with E-state index in [1.165, 1.54) is 6.33 Å². The van der Waals surface area contributed by atoms with Crippen LogP contribution in [0.1, 0.15) is 67.5 Å². The third-order valence-corrected chi connectivity index (χ3v) is 8.17. The predicted octanol–water partition coefficient (Wildman–Crippen LogP) is 4.19. The molecule has 1 saturated heterocycles. The Balaban J connectivity index is 1.33. The van der Waals surface area contributed by atoms with Gasteiger partial charge in [0.1, 0.15) is 12.4 Å². The number of benzene rings is 2. The number of hydrogen-bond donors (Lipinski definition) is 1. The number of fused-ring (bicyclic) bond motifs is 1. The van der Waals surface area contributed by atoms with Crippen molar-refractivity contribution in [2.24, 2.45) is 0 Å². The number of nitrogens with zero attached hydrogens (tertiary/aromatic N) is 5. The van der Waals surface area contributed by atoms with Crippen LogP contribution >= 0.6 is 0 Å². The van der Waals surface area contributed by atoms with Gasteiger partial charge in [-0.2, -0.15) is 15.3 Å². The maximum absolute atomic E-state index is 14.2. The molecule has 1 aliphatic heterocycles. The zero-order valence-electron chi connectivity index (χ0n) is 22.6. The second kappa shape index (κ2) is 11.0. The average molecular weight is 540 g/mol. The molecule has 9 heteroatoms. The van der Waals surface area contributed by atoms with Crippen LogP contribution in [0.4, 0.5) is 0 Å². The molecule has 2 fully saturated rings. The minimum atomic E-state index is -0.680. The number of aliphatic hydroxyl groups excluding tert-OH is 1. The van der Waals surface area contributed by atoms with Crippen molar-refractivity contribution in [2.45, 2.75) is 69.8 Å². The molecular weight excluding hydrogens is 506 g/mol. The number of aromatic nitrogens is 4. The molecular formula is C31H33N5O4. The lowest BCUT2D eigenvalue weighted by Gasteiger charge is -2.43. The van der Waals surface area contributed by atoms with Gasteiger partial charge in [-0.1, -0.05) is 55.8 Å². The SMILES string of the molecule is CCCc1c(Cc2ccc(-c3ccccc3C#N)cc2)c(=O)n(C2CCC3(CC2)OCC(O)CO3)c2ncnn12. The largest absolute Gasteiger partial charge is 0.388 e. The van der Waals surface area contributed by atoms with Gasteiger partial charge in [0, 0.05) is 30.9 Å². The summed E-state index contributed by atoms with van der Waals surface area (Å²) in [4.78, 5) is 18.7. The van der Waals surface area contributed by atoms with Gasteiger partial charge in [-0.15, -0.1) is 0 Å². The van der Waals surface area contributed by atoms with E-state index in [2.05, 4.69) is 23.1 Å². The first-order valence-corrected chi connectivity index (χ1v) is 14.0. The Labute approximate surface area is 232 Å². The van der Waals surface area contributed by atoms with E-state index < -0.39 is 11.9 Å². The van der Waals surface area contributed by atoms with Gasteiger partial charge in [0.05, 0.1) is 30.5 Å². The number of hydrogen-bond acceptors (Lipinski definition) is 7. The normalized spacial score (nSPS) is 22.9. The van der Waals surface area contributed by atoms with Gasteiger partial charge >= 0.3 is 0 Å². The van der Waals surface area contributed by atoms with Crippen LogP contribution in [-0.4, -0.2) is 49.4 Å². The third kappa shape index (κ3) is 4.83. The lowest BCUT2D eigenvalue weighted by Crippen LogP contribution is -2.49. The van der Waals surface area contributed by atoms with Crippen LogP contribution in [-0.2, 0) is 22.3 Å². The van der Waals surface area contributed by atoms with Gasteiger partial charge in [-0.3, -0.25) is 9.36 Å². The van der Waals surface area contributed by atoms with Crippen molar-refractivity contribution >= 4 is 5.78 Å². The molecule has 0 atom stereocenters. The Morgan fingerprint density at radius 1 is 1.10 bits per heavy atom. The van der Waals surface area contributed by atoms with Crippen molar-refractivity contribution in [3.05, 3.63) is 87.6 Å². The van der Waals surface area contributed by atoms with Crippen LogP contribution in [0.5, 0.6) is 0 Å². The fourth-order valence-corrected chi connectivity index (χ4v) is 6.09. The summed E-state index contributed by atoms with van der Waals surface area (Å²) < 4.78 is 15.5. The minimum absolute atomic E-state index is 0.0234. The number of nitriles is 1. The van der Waals surface area contributed by atoms with E-state index in [0.717, 1.165) is 40.8 Å². The summed E-state index contributed by atoms with van der Waals surface area (Å²) in [7, 11) is 0. The second-order valence-electron chi connectivity index (χ2n) is 10.8. The van der Waals surface area contributed by atoms with Gasteiger partial charge in [-0.25, -0.2) is 4.52 Å². The molecule has 3 heterocycles. The summed E-state index contributed by atoms with van der Waals surface area (Å²) in [6.45, 7) is 2.65. The van der Waals surface area contributed by atoms with Crippen LogP contribution in [0, 0.1) is 11.3 Å². The molecule has 2 aliphatic rings. The molecule has 1 saturated carbocycles. The first-order valence-electron chi connectivity index (χ1n) is 14.0. The third-order valence-electron chi connectivity index (χ3n) is 8.17. The summed E-state index contributed by atoms with van der Waals surface area (Å²) in [6, 6.07) is 17.9. The number of ether oxygens (including phenoxy) is 2. The summed E-state index contributed by atoms with van der Waals surface area (Å²) in [5, 5.41) is 23.8. The molecule has 1 aliphatic carbocycles. The quantitative estimate of drug-likeness (QED) is 0.391. The van der Waals surface area contributed by atoms with Gasteiger partial charge in [-0.05, 0) is 42.0 Å². The highest BCUT2D eigenvalue weighted by Gasteiger charge is 2.42. The molecule has 0 unspecified atom stereocenters. The molecule has 9 nitrogen and oxygen atoms in total. The molecule has 206 valence electrons. The van der Waals surface area contributed by atoms with E-state index in [1.807, 2.05) is 57.6 Å². The number of aryl methyl sites for hydroxylation is 1. The Bertz CT molecular complexity index is 1600. The molecule has 1 spiro atoms. The molecule has 2 aromatic carbocycles. The lowest BCUT2D eigenvalue weighted by atomic mass is 9.89. The monoisotopic (exact) mass is 539 g/mol. The maximum atomic E-state index is 14.2. The Kier molecular flexibility index (Phi) is 7.24. The van der Waals surface area contributed by atoms with E-state index in [0.29, 0.717) is 43.4 Å². The topological polar surface area (TPSA) is 115 Å². The Hall–Kier alpha value is -3.84. The summed E-state index contributed by atoms with van der Waals surface area (Å²) in [5.41, 5.74) is 5.12. The summed E-state index contributed by atoms with van der Waals surface area (Å²) >= 11 is 0. The van der Waals surface area contributed by atoms with Crippen LogP contribution < -0.4 is 5.56 Å². The Morgan fingerprint density at radius 2 is 1.82 bits per heavy atom. The van der Waals surface area contributed by atoms with Crippen LogP contribution in [0.2, 0.25) is 0 Å². The van der Waals surface area contributed by atoms with Crippen LogP contribution in [0.15, 0.2) is 59.7 Å². The van der Waals surface area contributed by atoms with Gasteiger partial charge < -0.3 is 14.6 Å². The maximum Gasteiger partial charge on any atom is 0.259 e. The van der Waals surface area contributed by atoms with Crippen molar-refractivity contribution in [1.82, 2.24) is 19.2 Å². The van der Waals surface area contributed by atoms with Crippen LogP contribution in [0.3, 0.4) is 0 Å². The van der Waals surface area contributed by atoms with E-state index in [1.54, 1.807) is 0 Å². The zero-order chi connectivity index (χ0) is 27.7. The average Bonchev–Trinajstić information content (AvgIpc) is 3.47. The highest BCUT2D eigenvalue weighted by Crippen LogP contribution is 2.40. The fourth-order valence-electron chi connectivity index (χ4n) is 6.09. The molecule has 1 N–H and O–H groups in total. The van der Waals surface area contributed by atoms with Crippen molar-refractivity contribution in [2.75, 3.05) is 13.2 Å². The van der Waals surface area contributed by atoms with E-state index >= 15 is 0 Å². The first kappa shape index (κ1) is 26.4. The summed E-state index contributed by atoms with van der Waals surface area (Å²) in [5.74, 6) is -0.109. The molecule has 6 rings (SSSR count). The number of rotatable bonds is 6. The lowest BCUT2D eigenvalue weighted by molar-refractivity contribution is -0.305. The van der Waals surface area contributed by atoms with Gasteiger partial charge in [0.2, 0.25) is 5.78 Å². The smallest absolute Gasteiger partial charge is 0.259 e. The van der Waals surface area contributed by atoms with Gasteiger partial charge in [0.15, 0.2) is 5.79 Å². The predicted molar refractivity (Wildman–Crippen MR) is 149 cm³/mol. The van der Waals surface area contributed by atoms with E-state index in [4.69, 9.17) is 9.47 Å². The Morgan fingerprint density at radius 3 is 2.52 bits per heavy atom. The van der Waals surface area contributed by atoms with Crippen molar-refractivity contribution < 1.29 is 14.6 Å². The van der Waals surface area contributed by atoms with Crippen LogP contribution in [0.25, 0.3) is 16.9 Å². The minimum Gasteiger partial charge on any atom is -0.388 e. The molecule has 40 heavy (non-hydrogen) atoms. The standard InChI is InChI=1S/C31H33N5O4/c1-2-5-28-27(16-21-8-10-22(11-9-21)26-7-4-3-6-23(26)17-32)29(38)35(30-33-20-34-36(28)30)24-12-14-31(15-13-24)39-18-25(37)19-40-31/h3-4,6-11,20,24-25,37H,2,5,12-16,18-19H2,1H3. The highest BCUT2D eigenvalue weighted by molar-refractivity contribution is 5.70.